The number of hydrogen-bond donors (Lipinski definition) is 0. The van der Waals surface area contributed by atoms with Gasteiger partial charge < -0.3 is 9.32 Å². The Labute approximate surface area is 340 Å². The normalized spacial score (nSPS) is 15.4. The quantitative estimate of drug-likeness (QED) is 0.174. The number of nitrogens with zero attached hydrogens (tertiary/aromatic N) is 1. The minimum Gasteiger partial charge on any atom is -0.454 e. The van der Waals surface area contributed by atoms with Gasteiger partial charge in [0.05, 0.1) is 5.69 Å². The van der Waals surface area contributed by atoms with Crippen molar-refractivity contribution in [2.45, 2.75) is 50.4 Å². The summed E-state index contributed by atoms with van der Waals surface area (Å²) in [5.74, 6) is 0. The van der Waals surface area contributed by atoms with Crippen LogP contribution in [0, 0.1) is 0 Å². The number of benzene rings is 8. The molecule has 1 spiro atoms. The molecule has 0 bridgehead atoms. The van der Waals surface area contributed by atoms with Crippen LogP contribution in [0.3, 0.4) is 0 Å². The molecule has 0 saturated heterocycles. The van der Waals surface area contributed by atoms with Crippen molar-refractivity contribution in [2.24, 2.45) is 0 Å². The molecule has 0 unspecified atom stereocenters. The van der Waals surface area contributed by atoms with Crippen molar-refractivity contribution in [1.82, 2.24) is 0 Å². The maximum Gasteiger partial charge on any atom is 0.159 e. The monoisotopic (exact) mass is 745 g/mol. The van der Waals surface area contributed by atoms with Gasteiger partial charge in [0.1, 0.15) is 5.58 Å². The van der Waals surface area contributed by atoms with Crippen molar-refractivity contribution >= 4 is 39.0 Å². The summed E-state index contributed by atoms with van der Waals surface area (Å²) in [6.07, 6.45) is 4.92. The SMILES string of the molecule is CC1(C)c2ccccc2-c2cccc(-c3ccccc3-c3ccc(N(c4ccc5c(c4)C4(CCCC4)c4ccccc4-5)c4cccc5c4oc4ccccc45)cc3)c21. The molecule has 1 heterocycles. The average Bonchev–Trinajstić information content (AvgIpc) is 4.04. The van der Waals surface area contributed by atoms with Gasteiger partial charge in [-0.1, -0.05) is 166 Å². The summed E-state index contributed by atoms with van der Waals surface area (Å²) in [5, 5.41) is 2.27. The lowest BCUT2D eigenvalue weighted by atomic mass is 9.76. The minimum absolute atomic E-state index is 0.0695. The third-order valence-corrected chi connectivity index (χ3v) is 13.8. The Morgan fingerprint density at radius 3 is 1.81 bits per heavy atom. The van der Waals surface area contributed by atoms with Crippen molar-refractivity contribution in [3.05, 3.63) is 198 Å². The van der Waals surface area contributed by atoms with E-state index >= 15 is 0 Å². The van der Waals surface area contributed by atoms with Gasteiger partial charge in [0.2, 0.25) is 0 Å². The molecule has 8 aromatic carbocycles. The van der Waals surface area contributed by atoms with E-state index in [1.165, 1.54) is 92.4 Å². The third kappa shape index (κ3) is 4.66. The van der Waals surface area contributed by atoms with Crippen LogP contribution in [0.4, 0.5) is 17.1 Å². The molecule has 278 valence electrons. The summed E-state index contributed by atoms with van der Waals surface area (Å²) < 4.78 is 6.74. The van der Waals surface area contributed by atoms with Crippen LogP contribution in [0.15, 0.2) is 180 Å². The van der Waals surface area contributed by atoms with Gasteiger partial charge in [0.25, 0.3) is 0 Å². The van der Waals surface area contributed by atoms with Crippen LogP contribution in [0.1, 0.15) is 61.8 Å². The fraction of sp³-hybridized carbons (Fsp3) is 0.143. The standard InChI is InChI=1S/C56H43NO/c1-55(2)48-23-8-5-18-42(48)46-21-13-20-45(53(46)55)40-16-4-3-15-39(40)36-27-29-37(30-28-36)57(51-25-14-22-47-44-19-7-10-26-52(44)58-54(47)51)38-31-32-43-41-17-6-9-24-49(41)56(50(43)35-38)33-11-12-34-56/h3-10,13-32,35H,11-12,33-34H2,1-2H3. The van der Waals surface area contributed by atoms with E-state index in [9.17, 15) is 0 Å². The molecule has 2 heteroatoms. The van der Waals surface area contributed by atoms with Crippen molar-refractivity contribution in [2.75, 3.05) is 4.90 Å². The molecule has 1 saturated carbocycles. The van der Waals surface area contributed by atoms with Gasteiger partial charge in [-0.15, -0.1) is 0 Å². The Morgan fingerprint density at radius 2 is 1.02 bits per heavy atom. The number of para-hydroxylation sites is 2. The van der Waals surface area contributed by atoms with Crippen LogP contribution in [-0.4, -0.2) is 0 Å². The lowest BCUT2D eigenvalue weighted by Gasteiger charge is -2.30. The van der Waals surface area contributed by atoms with Gasteiger partial charge in [-0.3, -0.25) is 0 Å². The van der Waals surface area contributed by atoms with E-state index in [2.05, 4.69) is 195 Å². The van der Waals surface area contributed by atoms with E-state index in [-0.39, 0.29) is 10.8 Å². The maximum atomic E-state index is 6.74. The van der Waals surface area contributed by atoms with Crippen molar-refractivity contribution in [1.29, 1.82) is 0 Å². The Hall–Kier alpha value is -6.64. The van der Waals surface area contributed by atoms with Crippen LogP contribution >= 0.6 is 0 Å². The molecular formula is C56H43NO. The van der Waals surface area contributed by atoms with E-state index in [4.69, 9.17) is 4.42 Å². The summed E-state index contributed by atoms with van der Waals surface area (Å²) >= 11 is 0. The fourth-order valence-corrected chi connectivity index (χ4v) is 11.3. The lowest BCUT2D eigenvalue weighted by Crippen LogP contribution is -2.21. The Kier molecular flexibility index (Phi) is 7.18. The first-order valence-corrected chi connectivity index (χ1v) is 20.9. The molecular weight excluding hydrogens is 703 g/mol. The van der Waals surface area contributed by atoms with E-state index < -0.39 is 0 Å². The summed E-state index contributed by atoms with van der Waals surface area (Å²) in [5.41, 5.74) is 21.3. The third-order valence-electron chi connectivity index (χ3n) is 13.8. The van der Waals surface area contributed by atoms with Crippen LogP contribution < -0.4 is 4.90 Å². The fourth-order valence-electron chi connectivity index (χ4n) is 11.3. The molecule has 0 N–H and O–H groups in total. The van der Waals surface area contributed by atoms with Gasteiger partial charge in [0, 0.05) is 33.0 Å². The van der Waals surface area contributed by atoms with Crippen LogP contribution in [0.5, 0.6) is 0 Å². The van der Waals surface area contributed by atoms with Gasteiger partial charge in [-0.2, -0.15) is 0 Å². The molecule has 9 aromatic rings. The van der Waals surface area contributed by atoms with Gasteiger partial charge in [-0.25, -0.2) is 0 Å². The minimum atomic E-state index is -0.105. The second-order valence-electron chi connectivity index (χ2n) is 17.1. The first kappa shape index (κ1) is 33.5. The first-order valence-electron chi connectivity index (χ1n) is 20.9. The van der Waals surface area contributed by atoms with Crippen LogP contribution in [0.2, 0.25) is 0 Å². The number of rotatable bonds is 5. The van der Waals surface area contributed by atoms with Gasteiger partial charge in [0.15, 0.2) is 5.58 Å². The Bertz CT molecular complexity index is 3100. The summed E-state index contributed by atoms with van der Waals surface area (Å²) in [4.78, 5) is 2.43. The van der Waals surface area contributed by atoms with Gasteiger partial charge in [-0.05, 0) is 116 Å². The molecule has 3 aliphatic rings. The zero-order valence-corrected chi connectivity index (χ0v) is 32.9. The highest BCUT2D eigenvalue weighted by Crippen LogP contribution is 2.58. The van der Waals surface area contributed by atoms with Crippen molar-refractivity contribution in [3.8, 4) is 44.5 Å². The molecule has 0 amide bonds. The average molecular weight is 746 g/mol. The van der Waals surface area contributed by atoms with E-state index in [0.717, 1.165) is 39.0 Å². The predicted octanol–water partition coefficient (Wildman–Crippen LogP) is 15.5. The summed E-state index contributed by atoms with van der Waals surface area (Å²) in [6, 6.07) is 65.3. The number of fused-ring (bicyclic) bond motifs is 11. The van der Waals surface area contributed by atoms with E-state index in [0.29, 0.717) is 0 Å². The largest absolute Gasteiger partial charge is 0.454 e. The molecule has 0 radical (unpaired) electrons. The predicted molar refractivity (Wildman–Crippen MR) is 242 cm³/mol. The highest BCUT2D eigenvalue weighted by Gasteiger charge is 2.45. The Morgan fingerprint density at radius 1 is 0.448 bits per heavy atom. The highest BCUT2D eigenvalue weighted by molar-refractivity contribution is 6.10. The number of hydrogen-bond acceptors (Lipinski definition) is 2. The zero-order valence-electron chi connectivity index (χ0n) is 32.9. The van der Waals surface area contributed by atoms with Gasteiger partial charge >= 0.3 is 0 Å². The maximum absolute atomic E-state index is 6.74. The van der Waals surface area contributed by atoms with Crippen LogP contribution in [0.25, 0.3) is 66.4 Å². The topological polar surface area (TPSA) is 16.4 Å². The number of anilines is 3. The molecule has 12 rings (SSSR count). The lowest BCUT2D eigenvalue weighted by molar-refractivity contribution is 0.550. The summed E-state index contributed by atoms with van der Waals surface area (Å²) in [6.45, 7) is 4.75. The highest BCUT2D eigenvalue weighted by atomic mass is 16.3. The Balaban J connectivity index is 1.02. The van der Waals surface area contributed by atoms with E-state index in [1.807, 2.05) is 0 Å². The first-order chi connectivity index (χ1) is 28.5. The van der Waals surface area contributed by atoms with Crippen molar-refractivity contribution in [3.63, 3.8) is 0 Å². The molecule has 3 aliphatic carbocycles. The van der Waals surface area contributed by atoms with Crippen LogP contribution in [-0.2, 0) is 10.8 Å². The van der Waals surface area contributed by atoms with E-state index in [1.54, 1.807) is 0 Å². The smallest absolute Gasteiger partial charge is 0.159 e. The second-order valence-corrected chi connectivity index (χ2v) is 17.1. The van der Waals surface area contributed by atoms with Crippen molar-refractivity contribution < 1.29 is 4.42 Å². The number of furan rings is 1. The molecule has 0 aliphatic heterocycles. The summed E-state index contributed by atoms with van der Waals surface area (Å²) in [7, 11) is 0. The molecule has 58 heavy (non-hydrogen) atoms. The molecule has 1 fully saturated rings. The molecule has 0 atom stereocenters. The second kappa shape index (κ2) is 12.4. The zero-order chi connectivity index (χ0) is 38.6. The molecule has 1 aromatic heterocycles. The molecule has 2 nitrogen and oxygen atoms in total.